The molecule has 2 fully saturated rings. The number of carbonyl (C=O) groups is 1. The zero-order valence-electron chi connectivity index (χ0n) is 16.2. The Morgan fingerprint density at radius 1 is 1.30 bits per heavy atom. The molecule has 9 nitrogen and oxygen atoms in total. The number of aromatic nitrogens is 2. The van der Waals surface area contributed by atoms with Crippen LogP contribution in [-0.4, -0.2) is 98.2 Å². The molecular weight excluding hydrogens is 346 g/mol. The highest BCUT2D eigenvalue weighted by atomic mass is 16.5. The predicted octanol–water partition coefficient (Wildman–Crippen LogP) is -0.331. The molecule has 1 unspecified atom stereocenters. The maximum Gasteiger partial charge on any atom is 0.243 e. The maximum absolute atomic E-state index is 12.0. The third-order valence-electron chi connectivity index (χ3n) is 4.85. The summed E-state index contributed by atoms with van der Waals surface area (Å²) in [7, 11) is 3.50. The van der Waals surface area contributed by atoms with E-state index in [1.54, 1.807) is 31.4 Å². The molecule has 2 aliphatic rings. The molecule has 0 bridgehead atoms. The lowest BCUT2D eigenvalue weighted by Crippen LogP contribution is -2.53. The van der Waals surface area contributed by atoms with Crippen LogP contribution in [-0.2, 0) is 9.53 Å². The van der Waals surface area contributed by atoms with Gasteiger partial charge in [-0.1, -0.05) is 0 Å². The number of anilines is 1. The average molecular weight is 375 g/mol. The summed E-state index contributed by atoms with van der Waals surface area (Å²) in [5.74, 6) is 2.05. The lowest BCUT2D eigenvalue weighted by Gasteiger charge is -2.36. The molecule has 0 spiro atoms. The normalized spacial score (nSPS) is 20.7. The summed E-state index contributed by atoms with van der Waals surface area (Å²) in [6, 6.07) is 1.82. The molecule has 9 heteroatoms. The predicted molar refractivity (Wildman–Crippen MR) is 104 cm³/mol. The van der Waals surface area contributed by atoms with E-state index in [1.165, 1.54) is 0 Å². The number of piperazine rings is 1. The monoisotopic (exact) mass is 375 g/mol. The fraction of sp³-hybridized carbons (Fsp3) is 0.667. The van der Waals surface area contributed by atoms with Gasteiger partial charge in [0.05, 0.1) is 6.61 Å². The summed E-state index contributed by atoms with van der Waals surface area (Å²) in [5.41, 5.74) is 0. The van der Waals surface area contributed by atoms with E-state index in [9.17, 15) is 4.79 Å². The lowest BCUT2D eigenvalue weighted by atomic mass is 10.1. The largest absolute Gasteiger partial charge is 0.381 e. The number of nitrogens with zero attached hydrogens (tertiary/aromatic N) is 6. The van der Waals surface area contributed by atoms with E-state index in [1.807, 2.05) is 6.07 Å². The van der Waals surface area contributed by atoms with Gasteiger partial charge < -0.3 is 24.8 Å². The lowest BCUT2D eigenvalue weighted by molar-refractivity contribution is -0.127. The topological polar surface area (TPSA) is 86.2 Å². The fourth-order valence-electron chi connectivity index (χ4n) is 3.10. The molecule has 3 heterocycles. The summed E-state index contributed by atoms with van der Waals surface area (Å²) < 4.78 is 5.45. The Hall–Kier alpha value is -2.42. The van der Waals surface area contributed by atoms with Crippen molar-refractivity contribution in [3.8, 4) is 0 Å². The zero-order chi connectivity index (χ0) is 19.1. The second-order valence-corrected chi connectivity index (χ2v) is 7.06. The Kier molecular flexibility index (Phi) is 6.80. The minimum absolute atomic E-state index is 0.00480. The quantitative estimate of drug-likeness (QED) is 0.557. The third-order valence-corrected chi connectivity index (χ3v) is 4.85. The van der Waals surface area contributed by atoms with Crippen molar-refractivity contribution in [2.45, 2.75) is 6.42 Å². The van der Waals surface area contributed by atoms with Crippen LogP contribution >= 0.6 is 0 Å². The van der Waals surface area contributed by atoms with E-state index in [0.717, 1.165) is 64.3 Å². The Morgan fingerprint density at radius 2 is 2.04 bits per heavy atom. The van der Waals surface area contributed by atoms with Crippen LogP contribution in [0.5, 0.6) is 0 Å². The molecule has 1 N–H and O–H groups in total. The molecule has 0 radical (unpaired) electrons. The van der Waals surface area contributed by atoms with E-state index in [0.29, 0.717) is 5.92 Å². The van der Waals surface area contributed by atoms with Gasteiger partial charge in [-0.2, -0.15) is 0 Å². The van der Waals surface area contributed by atoms with Gasteiger partial charge in [-0.25, -0.2) is 15.0 Å². The Morgan fingerprint density at radius 3 is 2.67 bits per heavy atom. The van der Waals surface area contributed by atoms with Crippen molar-refractivity contribution >= 4 is 17.8 Å². The molecule has 1 aromatic rings. The highest BCUT2D eigenvalue weighted by molar-refractivity contribution is 5.85. The maximum atomic E-state index is 12.0. The average Bonchev–Trinajstić information content (AvgIpc) is 3.22. The Labute approximate surface area is 160 Å². The van der Waals surface area contributed by atoms with Gasteiger partial charge in [0.2, 0.25) is 11.9 Å². The van der Waals surface area contributed by atoms with Gasteiger partial charge in [-0.05, 0) is 12.5 Å². The van der Waals surface area contributed by atoms with Gasteiger partial charge >= 0.3 is 0 Å². The first-order valence-electron chi connectivity index (χ1n) is 9.46. The van der Waals surface area contributed by atoms with Crippen molar-refractivity contribution in [2.24, 2.45) is 10.9 Å². The first-order chi connectivity index (χ1) is 13.1. The van der Waals surface area contributed by atoms with Gasteiger partial charge in [0, 0.05) is 71.7 Å². The van der Waals surface area contributed by atoms with Gasteiger partial charge in [0.1, 0.15) is 6.54 Å². The molecule has 2 aliphatic heterocycles. The fourth-order valence-corrected chi connectivity index (χ4v) is 3.10. The Balaban J connectivity index is 1.59. The molecule has 0 aliphatic carbocycles. The SMILES string of the molecule is CN(C)C(=O)CN=C(NCC1CCOC1)N1CCN(c2ncccn2)CC1. The molecule has 0 aromatic carbocycles. The number of carbonyl (C=O) groups excluding carboxylic acids is 1. The van der Waals surface area contributed by atoms with Crippen molar-refractivity contribution in [3.05, 3.63) is 18.5 Å². The minimum atomic E-state index is -0.00480. The van der Waals surface area contributed by atoms with Crippen molar-refractivity contribution in [1.29, 1.82) is 0 Å². The number of ether oxygens (including phenoxy) is 1. The van der Waals surface area contributed by atoms with Crippen molar-refractivity contribution in [3.63, 3.8) is 0 Å². The summed E-state index contributed by atoms with van der Waals surface area (Å²) in [4.78, 5) is 31.1. The van der Waals surface area contributed by atoms with E-state index in [4.69, 9.17) is 4.74 Å². The standard InChI is InChI=1S/C18H29N7O2/c1-23(2)16(26)13-22-18(21-12-15-4-11-27-14-15)25-9-7-24(8-10-25)17-19-5-3-6-20-17/h3,5-6,15H,4,7-14H2,1-2H3,(H,21,22). The Bertz CT molecular complexity index is 624. The second-order valence-electron chi connectivity index (χ2n) is 7.06. The van der Waals surface area contributed by atoms with Crippen LogP contribution in [0.1, 0.15) is 6.42 Å². The van der Waals surface area contributed by atoms with Crippen molar-refractivity contribution in [1.82, 2.24) is 25.1 Å². The molecule has 3 rings (SSSR count). The number of aliphatic imine (C=N–C) groups is 1. The van der Waals surface area contributed by atoms with Crippen LogP contribution < -0.4 is 10.2 Å². The second kappa shape index (κ2) is 9.50. The smallest absolute Gasteiger partial charge is 0.243 e. The summed E-state index contributed by atoms with van der Waals surface area (Å²) in [6.07, 6.45) is 4.59. The van der Waals surface area contributed by atoms with Crippen molar-refractivity contribution < 1.29 is 9.53 Å². The van der Waals surface area contributed by atoms with Gasteiger partial charge in [-0.3, -0.25) is 4.79 Å². The van der Waals surface area contributed by atoms with E-state index < -0.39 is 0 Å². The summed E-state index contributed by atoms with van der Waals surface area (Å²) in [5, 5.41) is 3.46. The molecule has 27 heavy (non-hydrogen) atoms. The van der Waals surface area contributed by atoms with Crippen LogP contribution in [0, 0.1) is 5.92 Å². The van der Waals surface area contributed by atoms with Gasteiger partial charge in [-0.15, -0.1) is 0 Å². The highest BCUT2D eigenvalue weighted by Gasteiger charge is 2.23. The zero-order valence-corrected chi connectivity index (χ0v) is 16.2. The van der Waals surface area contributed by atoms with Crippen LogP contribution in [0.4, 0.5) is 5.95 Å². The summed E-state index contributed by atoms with van der Waals surface area (Å²) >= 11 is 0. The van der Waals surface area contributed by atoms with E-state index in [-0.39, 0.29) is 12.5 Å². The van der Waals surface area contributed by atoms with E-state index >= 15 is 0 Å². The molecule has 0 saturated carbocycles. The first kappa shape index (κ1) is 19.3. The van der Waals surface area contributed by atoms with E-state index in [2.05, 4.69) is 30.1 Å². The number of hydrogen-bond acceptors (Lipinski definition) is 6. The number of rotatable bonds is 5. The third kappa shape index (κ3) is 5.53. The van der Waals surface area contributed by atoms with Crippen LogP contribution in [0.25, 0.3) is 0 Å². The van der Waals surface area contributed by atoms with Crippen LogP contribution in [0.15, 0.2) is 23.5 Å². The molecule has 1 amide bonds. The number of likely N-dealkylation sites (N-methyl/N-ethyl adjacent to an activating group) is 1. The van der Waals surface area contributed by atoms with Crippen LogP contribution in [0.2, 0.25) is 0 Å². The number of hydrogen-bond donors (Lipinski definition) is 1. The number of nitrogens with one attached hydrogen (secondary N) is 1. The van der Waals surface area contributed by atoms with Crippen molar-refractivity contribution in [2.75, 3.05) is 71.5 Å². The number of amides is 1. The number of guanidine groups is 1. The molecular formula is C18H29N7O2. The minimum Gasteiger partial charge on any atom is -0.381 e. The molecule has 1 aromatic heterocycles. The molecule has 148 valence electrons. The van der Waals surface area contributed by atoms with Crippen LogP contribution in [0.3, 0.4) is 0 Å². The first-order valence-corrected chi connectivity index (χ1v) is 9.46. The van der Waals surface area contributed by atoms with Gasteiger partial charge in [0.15, 0.2) is 5.96 Å². The van der Waals surface area contributed by atoms with Gasteiger partial charge in [0.25, 0.3) is 0 Å². The highest BCUT2D eigenvalue weighted by Crippen LogP contribution is 2.12. The summed E-state index contributed by atoms with van der Waals surface area (Å²) in [6.45, 7) is 5.83. The molecule has 1 atom stereocenters. The molecule has 2 saturated heterocycles.